The second-order valence-electron chi connectivity index (χ2n) is 15.1. The minimum Gasteiger partial charge on any atom is -0.388 e. The Labute approximate surface area is 420 Å². The highest BCUT2D eigenvalue weighted by Gasteiger charge is 2.36. The van der Waals surface area contributed by atoms with E-state index in [0.29, 0.717) is 25.4 Å². The monoisotopic (exact) mass is 949 g/mol. The van der Waals surface area contributed by atoms with Crippen molar-refractivity contribution in [2.75, 3.05) is 68.1 Å². The van der Waals surface area contributed by atoms with E-state index in [-0.39, 0.29) is 10.8 Å². The molecule has 2 aliphatic carbocycles. The fraction of sp³-hybridized carbons (Fsp3) is 0.607. The van der Waals surface area contributed by atoms with E-state index in [1.54, 1.807) is 28.4 Å². The number of epoxide rings is 2. The van der Waals surface area contributed by atoms with Crippen molar-refractivity contribution >= 4 is 0 Å². The van der Waals surface area contributed by atoms with Crippen LogP contribution in [0.15, 0.2) is 121 Å². The van der Waals surface area contributed by atoms with Crippen molar-refractivity contribution in [3.05, 3.63) is 144 Å². The molecule has 2 saturated heterocycles. The normalized spacial score (nSPS) is 16.9. The summed E-state index contributed by atoms with van der Waals surface area (Å²) in [4.78, 5) is 0. The lowest BCUT2D eigenvalue weighted by atomic mass is 9.65. The SMILES string of the molecule is CC.CC.CC.CC.CC.CC.COCC(O)COC.COCC1CO1.COCC1CO1.c1ccc(C2(c3ccccc3)CCCCC2)cc1.c1ccc(C2(c3ccccc3)CCCCC2)cc1. The number of aliphatic hydroxyl groups excluding tert-OH is 1. The van der Waals surface area contributed by atoms with Crippen LogP contribution in [0.5, 0.6) is 0 Å². The van der Waals surface area contributed by atoms with Gasteiger partial charge in [-0.3, -0.25) is 0 Å². The van der Waals surface area contributed by atoms with Gasteiger partial charge in [-0.25, -0.2) is 0 Å². The van der Waals surface area contributed by atoms with Gasteiger partial charge in [-0.1, -0.05) is 243 Å². The first-order valence-corrected chi connectivity index (χ1v) is 26.6. The lowest BCUT2D eigenvalue weighted by Crippen LogP contribution is -2.30. The number of methoxy groups -OCH3 is 4. The molecule has 2 saturated carbocycles. The van der Waals surface area contributed by atoms with Gasteiger partial charge in [0, 0.05) is 39.3 Å². The second kappa shape index (κ2) is 48.6. The molecule has 2 heterocycles. The minimum absolute atomic E-state index is 0.265. The number of rotatable bonds is 12. The average Bonchev–Trinajstić information content (AvgIpc) is 4.41. The quantitative estimate of drug-likeness (QED) is 0.142. The third-order valence-corrected chi connectivity index (χ3v) is 10.9. The van der Waals surface area contributed by atoms with Crippen LogP contribution in [-0.2, 0) is 39.3 Å². The van der Waals surface area contributed by atoms with E-state index in [2.05, 4.69) is 131 Å². The van der Waals surface area contributed by atoms with E-state index in [1.807, 2.05) is 83.1 Å². The van der Waals surface area contributed by atoms with Crippen LogP contribution < -0.4 is 0 Å². The first-order chi connectivity index (χ1) is 33.5. The van der Waals surface area contributed by atoms with E-state index in [9.17, 15) is 0 Å². The molecular formula is C61H104O7. The van der Waals surface area contributed by atoms with Crippen LogP contribution in [0.1, 0.15) is 170 Å². The molecule has 0 bridgehead atoms. The lowest BCUT2D eigenvalue weighted by molar-refractivity contribution is 0.00980. The molecule has 0 radical (unpaired) electrons. The molecule has 0 spiro atoms. The maximum absolute atomic E-state index is 8.80. The van der Waals surface area contributed by atoms with Gasteiger partial charge in [-0.15, -0.1) is 0 Å². The maximum atomic E-state index is 8.80. The lowest BCUT2D eigenvalue weighted by Gasteiger charge is -2.38. The summed E-state index contributed by atoms with van der Waals surface area (Å²) >= 11 is 0. The zero-order valence-electron chi connectivity index (χ0n) is 46.5. The Balaban J connectivity index is -0.000000781. The molecule has 4 aromatic carbocycles. The molecule has 8 rings (SSSR count). The summed E-state index contributed by atoms with van der Waals surface area (Å²) in [6.07, 6.45) is 13.7. The molecule has 390 valence electrons. The minimum atomic E-state index is -0.481. The van der Waals surface area contributed by atoms with Crippen LogP contribution in [0.3, 0.4) is 0 Å². The zero-order chi connectivity index (χ0) is 51.7. The molecule has 0 aromatic heterocycles. The summed E-state index contributed by atoms with van der Waals surface area (Å²) < 4.78 is 28.4. The standard InChI is InChI=1S/2C18H20.C5H12O3.2C4H8O2.6C2H6/c2*1-4-10-16(11-5-1)18(14-8-3-9-15-18)17-12-6-2-7-13-17;1-7-3-5(6)4-8-2;2*1-5-2-4-3-6-4;6*1-2/h2*1-2,4-7,10-13H,3,8-9,14-15H2;5-6H,3-4H2,1-2H3;2*4H,2-3H2,1H3;6*1-2H3. The highest BCUT2D eigenvalue weighted by Crippen LogP contribution is 2.45. The molecular weight excluding hydrogens is 845 g/mol. The van der Waals surface area contributed by atoms with Gasteiger partial charge in [0.15, 0.2) is 0 Å². The first kappa shape index (κ1) is 68.9. The van der Waals surface area contributed by atoms with Crippen molar-refractivity contribution in [3.63, 3.8) is 0 Å². The van der Waals surface area contributed by atoms with E-state index in [4.69, 9.17) is 24.1 Å². The predicted molar refractivity (Wildman–Crippen MR) is 295 cm³/mol. The van der Waals surface area contributed by atoms with Crippen LogP contribution in [-0.4, -0.2) is 91.5 Å². The number of hydrogen-bond acceptors (Lipinski definition) is 7. The molecule has 2 atom stereocenters. The van der Waals surface area contributed by atoms with E-state index >= 15 is 0 Å². The Morgan fingerprint density at radius 3 is 0.779 bits per heavy atom. The third kappa shape index (κ3) is 28.9. The van der Waals surface area contributed by atoms with E-state index in [1.165, 1.54) is 86.5 Å². The average molecular weight is 949 g/mol. The molecule has 7 nitrogen and oxygen atoms in total. The summed E-state index contributed by atoms with van der Waals surface area (Å²) in [5.74, 6) is 0. The van der Waals surface area contributed by atoms with Crippen LogP contribution >= 0.6 is 0 Å². The van der Waals surface area contributed by atoms with E-state index in [0.717, 1.165) is 26.4 Å². The van der Waals surface area contributed by atoms with Crippen molar-refractivity contribution in [2.24, 2.45) is 0 Å². The Kier molecular flexibility index (Phi) is 49.2. The summed E-state index contributed by atoms with van der Waals surface area (Å²) in [6.45, 7) is 28.0. The molecule has 2 unspecified atom stereocenters. The summed E-state index contributed by atoms with van der Waals surface area (Å²) in [5.41, 5.74) is 6.51. The number of hydrogen-bond donors (Lipinski definition) is 1. The van der Waals surface area contributed by atoms with Crippen LogP contribution in [0.4, 0.5) is 0 Å². The predicted octanol–water partition coefficient (Wildman–Crippen LogP) is 15.7. The van der Waals surface area contributed by atoms with Gasteiger partial charge >= 0.3 is 0 Å². The highest BCUT2D eigenvalue weighted by atomic mass is 16.6. The van der Waals surface area contributed by atoms with Gasteiger partial charge in [-0.2, -0.15) is 0 Å². The summed E-state index contributed by atoms with van der Waals surface area (Å²) in [7, 11) is 6.45. The van der Waals surface area contributed by atoms with Crippen LogP contribution in [0.2, 0.25) is 0 Å². The number of aliphatic hydroxyl groups is 1. The fourth-order valence-corrected chi connectivity index (χ4v) is 7.96. The van der Waals surface area contributed by atoms with Gasteiger partial charge in [0.05, 0.1) is 39.6 Å². The Bertz CT molecular complexity index is 1320. The molecule has 1 N–H and O–H groups in total. The molecule has 68 heavy (non-hydrogen) atoms. The summed E-state index contributed by atoms with van der Waals surface area (Å²) in [6, 6.07) is 44.3. The molecule has 4 fully saturated rings. The van der Waals surface area contributed by atoms with E-state index < -0.39 is 6.10 Å². The van der Waals surface area contributed by atoms with Gasteiger partial charge in [-0.05, 0) is 47.9 Å². The molecule has 4 aromatic rings. The number of ether oxygens (including phenoxy) is 6. The largest absolute Gasteiger partial charge is 0.388 e. The van der Waals surface area contributed by atoms with Gasteiger partial charge in [0.25, 0.3) is 0 Å². The van der Waals surface area contributed by atoms with Crippen molar-refractivity contribution in [1.82, 2.24) is 0 Å². The Hall–Kier alpha value is -3.40. The fourth-order valence-electron chi connectivity index (χ4n) is 7.96. The van der Waals surface area contributed by atoms with Crippen molar-refractivity contribution in [2.45, 2.75) is 176 Å². The summed E-state index contributed by atoms with van der Waals surface area (Å²) in [5, 5.41) is 8.80. The first-order valence-electron chi connectivity index (χ1n) is 26.6. The Morgan fingerprint density at radius 1 is 0.397 bits per heavy atom. The van der Waals surface area contributed by atoms with Crippen molar-refractivity contribution in [1.29, 1.82) is 0 Å². The zero-order valence-corrected chi connectivity index (χ0v) is 46.5. The molecule has 4 aliphatic rings. The van der Waals surface area contributed by atoms with Gasteiger partial charge in [0.1, 0.15) is 18.3 Å². The van der Waals surface area contributed by atoms with Crippen molar-refractivity contribution in [3.8, 4) is 0 Å². The van der Waals surface area contributed by atoms with Crippen molar-refractivity contribution < 1.29 is 33.5 Å². The van der Waals surface area contributed by atoms with Gasteiger partial charge in [0.2, 0.25) is 0 Å². The van der Waals surface area contributed by atoms with Crippen LogP contribution in [0.25, 0.3) is 0 Å². The molecule has 0 amide bonds. The van der Waals surface area contributed by atoms with Gasteiger partial charge < -0.3 is 33.5 Å². The third-order valence-electron chi connectivity index (χ3n) is 10.9. The number of benzene rings is 4. The molecule has 2 aliphatic heterocycles. The topological polar surface area (TPSA) is 82.2 Å². The smallest absolute Gasteiger partial charge is 0.104 e. The molecule has 7 heteroatoms. The Morgan fingerprint density at radius 2 is 0.618 bits per heavy atom. The van der Waals surface area contributed by atoms with Crippen LogP contribution in [0, 0.1) is 0 Å². The highest BCUT2D eigenvalue weighted by molar-refractivity contribution is 5.41. The maximum Gasteiger partial charge on any atom is 0.104 e. The second-order valence-corrected chi connectivity index (χ2v) is 15.1.